The molecule has 0 unspecified atom stereocenters. The summed E-state index contributed by atoms with van der Waals surface area (Å²) in [5.74, 6) is -0.316. The monoisotopic (exact) mass is 342 g/mol. The van der Waals surface area contributed by atoms with Crippen molar-refractivity contribution < 1.29 is 4.79 Å². The fraction of sp³-hybridized carbons (Fsp3) is 0.312. The predicted octanol–water partition coefficient (Wildman–Crippen LogP) is 0.121. The summed E-state index contributed by atoms with van der Waals surface area (Å²) < 4.78 is 3.13. The molecule has 3 heterocycles. The van der Waals surface area contributed by atoms with Gasteiger partial charge in [0.1, 0.15) is 5.65 Å². The Balaban J connectivity index is 1.73. The van der Waals surface area contributed by atoms with Crippen LogP contribution in [0.25, 0.3) is 11.0 Å². The minimum atomic E-state index is -0.550. The average Bonchev–Trinajstić information content (AvgIpc) is 3.12. The lowest BCUT2D eigenvalue weighted by Gasteiger charge is -2.08. The first kappa shape index (κ1) is 16.6. The number of H-pyrrole nitrogens is 1. The maximum atomic E-state index is 12.2. The second-order valence-corrected chi connectivity index (χ2v) is 5.48. The maximum absolute atomic E-state index is 12.2. The van der Waals surface area contributed by atoms with E-state index in [9.17, 15) is 14.4 Å². The van der Waals surface area contributed by atoms with Crippen LogP contribution in [0.3, 0.4) is 0 Å². The number of carbonyl (C=O) groups excluding carboxylic acids is 1. The Hall–Kier alpha value is -3.23. The fourth-order valence-corrected chi connectivity index (χ4v) is 2.56. The highest BCUT2D eigenvalue weighted by molar-refractivity contribution is 5.96. The van der Waals surface area contributed by atoms with Gasteiger partial charge in [0.25, 0.3) is 11.5 Å². The number of rotatable bonds is 6. The van der Waals surface area contributed by atoms with E-state index in [1.165, 1.54) is 16.8 Å². The third-order valence-corrected chi connectivity index (χ3v) is 3.82. The van der Waals surface area contributed by atoms with Crippen LogP contribution in [0.4, 0.5) is 0 Å². The van der Waals surface area contributed by atoms with E-state index in [0.717, 1.165) is 6.42 Å². The van der Waals surface area contributed by atoms with Crippen molar-refractivity contribution in [3.8, 4) is 0 Å². The Bertz CT molecular complexity index is 1000. The molecule has 0 saturated heterocycles. The quantitative estimate of drug-likeness (QED) is 0.618. The molecule has 3 aromatic rings. The molecule has 0 aromatic carbocycles. The van der Waals surface area contributed by atoms with Crippen LogP contribution in [0, 0.1) is 0 Å². The van der Waals surface area contributed by atoms with Crippen LogP contribution in [0.1, 0.15) is 23.7 Å². The normalized spacial score (nSPS) is 10.9. The maximum Gasteiger partial charge on any atom is 0.329 e. The Kier molecular flexibility index (Phi) is 4.73. The second-order valence-electron chi connectivity index (χ2n) is 5.48. The second kappa shape index (κ2) is 7.12. The van der Waals surface area contributed by atoms with Gasteiger partial charge in [-0.2, -0.15) is 5.10 Å². The highest BCUT2D eigenvalue weighted by Gasteiger charge is 2.12. The van der Waals surface area contributed by atoms with Crippen LogP contribution < -0.4 is 16.6 Å². The van der Waals surface area contributed by atoms with E-state index in [2.05, 4.69) is 20.4 Å². The smallest absolute Gasteiger partial charge is 0.329 e. The SMILES string of the molecule is CCn1c(=O)[nH]c(=O)c2cc(C(=O)NCCCn3cccn3)cnc21. The molecule has 0 radical (unpaired) electrons. The average molecular weight is 342 g/mol. The molecule has 1 amide bonds. The molecule has 3 rings (SSSR count). The Morgan fingerprint density at radius 3 is 2.92 bits per heavy atom. The molecule has 0 aliphatic heterocycles. The number of pyridine rings is 1. The zero-order chi connectivity index (χ0) is 17.8. The van der Waals surface area contributed by atoms with Gasteiger partial charge in [0.05, 0.1) is 10.9 Å². The molecule has 0 atom stereocenters. The summed E-state index contributed by atoms with van der Waals surface area (Å²) in [6.07, 6.45) is 5.65. The van der Waals surface area contributed by atoms with E-state index in [4.69, 9.17) is 0 Å². The highest BCUT2D eigenvalue weighted by atomic mass is 16.2. The summed E-state index contributed by atoms with van der Waals surface area (Å²) in [6, 6.07) is 3.29. The third-order valence-electron chi connectivity index (χ3n) is 3.82. The molecular weight excluding hydrogens is 324 g/mol. The molecule has 0 aliphatic rings. The van der Waals surface area contributed by atoms with Crippen LogP contribution >= 0.6 is 0 Å². The van der Waals surface area contributed by atoms with E-state index >= 15 is 0 Å². The van der Waals surface area contributed by atoms with Crippen molar-refractivity contribution in [2.45, 2.75) is 26.4 Å². The summed E-state index contributed by atoms with van der Waals surface area (Å²) in [5, 5.41) is 7.08. The molecule has 9 nitrogen and oxygen atoms in total. The topological polar surface area (TPSA) is 115 Å². The van der Waals surface area contributed by atoms with Crippen LogP contribution in [0.2, 0.25) is 0 Å². The summed E-state index contributed by atoms with van der Waals surface area (Å²) in [6.45, 7) is 3.33. The predicted molar refractivity (Wildman–Crippen MR) is 91.5 cm³/mol. The lowest BCUT2D eigenvalue weighted by Crippen LogP contribution is -2.31. The first-order chi connectivity index (χ1) is 12.1. The lowest BCUT2D eigenvalue weighted by atomic mass is 10.2. The van der Waals surface area contributed by atoms with Crippen LogP contribution in [0.5, 0.6) is 0 Å². The largest absolute Gasteiger partial charge is 0.352 e. The van der Waals surface area contributed by atoms with Gasteiger partial charge in [0.15, 0.2) is 0 Å². The van der Waals surface area contributed by atoms with Gasteiger partial charge in [-0.3, -0.25) is 23.8 Å². The van der Waals surface area contributed by atoms with Gasteiger partial charge in [-0.05, 0) is 25.5 Å². The number of nitrogens with one attached hydrogen (secondary N) is 2. The summed E-state index contributed by atoms with van der Waals surface area (Å²) in [7, 11) is 0. The van der Waals surface area contributed by atoms with Gasteiger partial charge >= 0.3 is 5.69 Å². The van der Waals surface area contributed by atoms with Crippen LogP contribution in [0.15, 0.2) is 40.3 Å². The Morgan fingerprint density at radius 2 is 2.20 bits per heavy atom. The van der Waals surface area contributed by atoms with E-state index in [-0.39, 0.29) is 22.5 Å². The molecule has 0 bridgehead atoms. The Morgan fingerprint density at radius 1 is 1.36 bits per heavy atom. The number of amides is 1. The molecular formula is C16H18N6O3. The zero-order valence-electron chi connectivity index (χ0n) is 13.7. The number of aryl methyl sites for hydroxylation is 2. The molecule has 3 aromatic heterocycles. The van der Waals surface area contributed by atoms with Gasteiger partial charge < -0.3 is 5.32 Å². The first-order valence-corrected chi connectivity index (χ1v) is 7.98. The van der Waals surface area contributed by atoms with Crippen molar-refractivity contribution in [1.29, 1.82) is 0 Å². The summed E-state index contributed by atoms with van der Waals surface area (Å²) >= 11 is 0. The van der Waals surface area contributed by atoms with Crippen LogP contribution in [-0.2, 0) is 13.1 Å². The van der Waals surface area contributed by atoms with Crippen molar-refractivity contribution >= 4 is 16.9 Å². The molecule has 0 aliphatic carbocycles. The number of hydrogen-bond donors (Lipinski definition) is 2. The highest BCUT2D eigenvalue weighted by Crippen LogP contribution is 2.07. The van der Waals surface area contributed by atoms with Crippen molar-refractivity contribution in [3.05, 3.63) is 57.1 Å². The zero-order valence-corrected chi connectivity index (χ0v) is 13.7. The summed E-state index contributed by atoms with van der Waals surface area (Å²) in [5.41, 5.74) is -0.515. The van der Waals surface area contributed by atoms with Gasteiger partial charge in [0.2, 0.25) is 0 Å². The lowest BCUT2D eigenvalue weighted by molar-refractivity contribution is 0.0952. The minimum Gasteiger partial charge on any atom is -0.352 e. The molecule has 25 heavy (non-hydrogen) atoms. The van der Waals surface area contributed by atoms with E-state index in [0.29, 0.717) is 19.6 Å². The van der Waals surface area contributed by atoms with Crippen molar-refractivity contribution in [2.24, 2.45) is 0 Å². The number of hydrogen-bond acceptors (Lipinski definition) is 5. The standard InChI is InChI=1S/C16H18N6O3/c1-2-22-13-12(15(24)20-16(22)25)9-11(10-18-13)14(23)17-5-3-7-21-8-4-6-19-21/h4,6,8-10H,2-3,5,7H2,1H3,(H,17,23)(H,20,24,25). The number of fused-ring (bicyclic) bond motifs is 1. The van der Waals surface area contributed by atoms with Crippen LogP contribution in [-0.4, -0.2) is 36.8 Å². The van der Waals surface area contributed by atoms with Gasteiger partial charge in [-0.1, -0.05) is 0 Å². The van der Waals surface area contributed by atoms with E-state index in [1.54, 1.807) is 17.8 Å². The van der Waals surface area contributed by atoms with Gasteiger partial charge in [-0.15, -0.1) is 0 Å². The number of carbonyl (C=O) groups is 1. The molecule has 9 heteroatoms. The minimum absolute atomic E-state index is 0.214. The van der Waals surface area contributed by atoms with E-state index in [1.807, 2.05) is 12.3 Å². The van der Waals surface area contributed by atoms with E-state index < -0.39 is 11.2 Å². The first-order valence-electron chi connectivity index (χ1n) is 7.98. The van der Waals surface area contributed by atoms with Gasteiger partial charge in [0, 0.05) is 38.2 Å². The fourth-order valence-electron chi connectivity index (χ4n) is 2.56. The molecule has 130 valence electrons. The number of aromatic nitrogens is 5. The summed E-state index contributed by atoms with van der Waals surface area (Å²) in [4.78, 5) is 42.3. The molecule has 0 fully saturated rings. The molecule has 0 spiro atoms. The van der Waals surface area contributed by atoms with Gasteiger partial charge in [-0.25, -0.2) is 9.78 Å². The molecule has 2 N–H and O–H groups in total. The number of nitrogens with zero attached hydrogens (tertiary/aromatic N) is 4. The third kappa shape index (κ3) is 3.49. The van der Waals surface area contributed by atoms with Crippen molar-refractivity contribution in [3.63, 3.8) is 0 Å². The van der Waals surface area contributed by atoms with Crippen molar-refractivity contribution in [1.82, 2.24) is 29.6 Å². The van der Waals surface area contributed by atoms with Crippen molar-refractivity contribution in [2.75, 3.05) is 6.54 Å². The Labute approximate surface area is 142 Å². The number of aromatic amines is 1. The molecule has 0 saturated carbocycles.